The van der Waals surface area contributed by atoms with Crippen molar-refractivity contribution in [3.8, 4) is 5.75 Å². The molecule has 0 spiro atoms. The molecule has 0 amide bonds. The van der Waals surface area contributed by atoms with Gasteiger partial charge in [0.05, 0.1) is 0 Å². The minimum Gasteiger partial charge on any atom is -0.485 e. The first kappa shape index (κ1) is 12.2. The number of rotatable bonds is 4. The van der Waals surface area contributed by atoms with Crippen molar-refractivity contribution in [2.75, 3.05) is 6.61 Å². The second-order valence-electron chi connectivity index (χ2n) is 3.67. The van der Waals surface area contributed by atoms with Crippen LogP contribution in [0.4, 0.5) is 8.78 Å². The lowest BCUT2D eigenvalue weighted by Crippen LogP contribution is -2.11. The van der Waals surface area contributed by atoms with Crippen LogP contribution >= 0.6 is 0 Å². The summed E-state index contributed by atoms with van der Waals surface area (Å²) >= 11 is 0. The summed E-state index contributed by atoms with van der Waals surface area (Å²) in [7, 11) is 0. The van der Waals surface area contributed by atoms with Crippen molar-refractivity contribution in [2.45, 2.75) is 0 Å². The van der Waals surface area contributed by atoms with Crippen LogP contribution in [0.15, 0.2) is 48.5 Å². The molecule has 18 heavy (non-hydrogen) atoms. The Hall–Kier alpha value is -2.23. The van der Waals surface area contributed by atoms with Crippen LogP contribution < -0.4 is 4.74 Å². The van der Waals surface area contributed by atoms with Gasteiger partial charge < -0.3 is 4.74 Å². The highest BCUT2D eigenvalue weighted by atomic mass is 19.1. The molecule has 92 valence electrons. The van der Waals surface area contributed by atoms with Gasteiger partial charge in [-0.05, 0) is 48.5 Å². The topological polar surface area (TPSA) is 26.3 Å². The quantitative estimate of drug-likeness (QED) is 0.776. The predicted octanol–water partition coefficient (Wildman–Crippen LogP) is 3.23. The van der Waals surface area contributed by atoms with Crippen LogP contribution in [0.25, 0.3) is 0 Å². The summed E-state index contributed by atoms with van der Waals surface area (Å²) < 4.78 is 30.5. The van der Waals surface area contributed by atoms with Gasteiger partial charge in [0.15, 0.2) is 12.4 Å². The molecule has 0 aliphatic rings. The van der Waals surface area contributed by atoms with Crippen LogP contribution in [0.5, 0.6) is 5.75 Å². The van der Waals surface area contributed by atoms with Crippen LogP contribution in [-0.2, 0) is 0 Å². The lowest BCUT2D eigenvalue weighted by Gasteiger charge is -2.05. The van der Waals surface area contributed by atoms with Gasteiger partial charge in [0.2, 0.25) is 0 Å². The molecule has 0 atom stereocenters. The molecule has 0 N–H and O–H groups in total. The van der Waals surface area contributed by atoms with E-state index in [-0.39, 0.29) is 18.2 Å². The van der Waals surface area contributed by atoms with Crippen molar-refractivity contribution in [3.63, 3.8) is 0 Å². The molecule has 4 heteroatoms. The molecule has 2 aromatic carbocycles. The van der Waals surface area contributed by atoms with Crippen molar-refractivity contribution in [1.82, 2.24) is 0 Å². The average molecular weight is 248 g/mol. The standard InChI is InChI=1S/C14H10F2O2/c15-11-3-1-10(2-4-11)14(17)9-18-13-7-5-12(16)6-8-13/h1-8H,9H2. The smallest absolute Gasteiger partial charge is 0.200 e. The summed E-state index contributed by atoms with van der Waals surface area (Å²) in [4.78, 5) is 11.7. The molecule has 0 unspecified atom stereocenters. The van der Waals surface area contributed by atoms with E-state index in [2.05, 4.69) is 0 Å². The first-order chi connectivity index (χ1) is 8.65. The summed E-state index contributed by atoms with van der Waals surface area (Å²) in [5.41, 5.74) is 0.374. The number of Topliss-reactive ketones (excluding diaryl/α,β-unsaturated/α-hetero) is 1. The summed E-state index contributed by atoms with van der Waals surface area (Å²) in [6.45, 7) is -0.169. The molecule has 0 radical (unpaired) electrons. The van der Waals surface area contributed by atoms with E-state index in [1.807, 2.05) is 0 Å². The normalized spacial score (nSPS) is 10.1. The molecular weight excluding hydrogens is 238 g/mol. The average Bonchev–Trinajstić information content (AvgIpc) is 2.38. The van der Waals surface area contributed by atoms with Gasteiger partial charge >= 0.3 is 0 Å². The minimum absolute atomic E-state index is 0.169. The van der Waals surface area contributed by atoms with E-state index in [1.165, 1.54) is 48.5 Å². The lowest BCUT2D eigenvalue weighted by molar-refractivity contribution is 0.0921. The Morgan fingerprint density at radius 2 is 1.39 bits per heavy atom. The highest BCUT2D eigenvalue weighted by Crippen LogP contribution is 2.12. The molecule has 0 saturated carbocycles. The molecule has 0 fully saturated rings. The van der Waals surface area contributed by atoms with E-state index >= 15 is 0 Å². The van der Waals surface area contributed by atoms with Gasteiger partial charge in [-0.25, -0.2) is 8.78 Å². The third-order valence-corrected chi connectivity index (χ3v) is 2.35. The van der Waals surface area contributed by atoms with Crippen LogP contribution in [0, 0.1) is 11.6 Å². The Labute approximate surface area is 103 Å². The van der Waals surface area contributed by atoms with Crippen LogP contribution in [0.2, 0.25) is 0 Å². The Morgan fingerprint density at radius 3 is 1.94 bits per heavy atom. The van der Waals surface area contributed by atoms with Crippen LogP contribution in [0.1, 0.15) is 10.4 Å². The Morgan fingerprint density at radius 1 is 0.889 bits per heavy atom. The first-order valence-corrected chi connectivity index (χ1v) is 5.32. The number of ketones is 1. The van der Waals surface area contributed by atoms with Crippen molar-refractivity contribution in [2.24, 2.45) is 0 Å². The van der Waals surface area contributed by atoms with Crippen molar-refractivity contribution in [1.29, 1.82) is 0 Å². The van der Waals surface area contributed by atoms with E-state index in [0.717, 1.165) is 0 Å². The molecule has 0 saturated heterocycles. The van der Waals surface area contributed by atoms with E-state index in [1.54, 1.807) is 0 Å². The van der Waals surface area contributed by atoms with Gasteiger partial charge in [-0.3, -0.25) is 4.79 Å². The molecule has 0 aromatic heterocycles. The van der Waals surface area contributed by atoms with Gasteiger partial charge in [-0.1, -0.05) is 0 Å². The summed E-state index contributed by atoms with van der Waals surface area (Å²) in [5, 5.41) is 0. The van der Waals surface area contributed by atoms with Crippen molar-refractivity contribution in [3.05, 3.63) is 65.7 Å². The molecule has 0 heterocycles. The summed E-state index contributed by atoms with van der Waals surface area (Å²) in [6, 6.07) is 10.6. The lowest BCUT2D eigenvalue weighted by atomic mass is 10.1. The second kappa shape index (κ2) is 5.40. The Kier molecular flexibility index (Phi) is 3.67. The number of carbonyl (C=O) groups excluding carboxylic acids is 1. The third-order valence-electron chi connectivity index (χ3n) is 2.35. The maximum Gasteiger partial charge on any atom is 0.200 e. The van der Waals surface area contributed by atoms with Gasteiger partial charge in [-0.15, -0.1) is 0 Å². The molecule has 0 aliphatic heterocycles. The highest BCUT2D eigenvalue weighted by Gasteiger charge is 2.06. The minimum atomic E-state index is -0.397. The van der Waals surface area contributed by atoms with E-state index in [4.69, 9.17) is 4.74 Å². The molecule has 2 nitrogen and oxygen atoms in total. The first-order valence-electron chi connectivity index (χ1n) is 5.32. The molecule has 0 aliphatic carbocycles. The molecule has 2 rings (SSSR count). The number of halogens is 2. The fourth-order valence-corrected chi connectivity index (χ4v) is 1.40. The van der Waals surface area contributed by atoms with Gasteiger partial charge in [0, 0.05) is 5.56 Å². The van der Waals surface area contributed by atoms with Crippen LogP contribution in [-0.4, -0.2) is 12.4 Å². The van der Waals surface area contributed by atoms with Crippen molar-refractivity contribution < 1.29 is 18.3 Å². The van der Waals surface area contributed by atoms with Crippen LogP contribution in [0.3, 0.4) is 0 Å². The maximum atomic E-state index is 12.7. The largest absolute Gasteiger partial charge is 0.485 e. The van der Waals surface area contributed by atoms with E-state index in [0.29, 0.717) is 11.3 Å². The fraction of sp³-hybridized carbons (Fsp3) is 0.0714. The number of hydrogen-bond donors (Lipinski definition) is 0. The van der Waals surface area contributed by atoms with Crippen molar-refractivity contribution >= 4 is 5.78 Å². The summed E-state index contributed by atoms with van der Waals surface area (Å²) in [6.07, 6.45) is 0. The van der Waals surface area contributed by atoms with Gasteiger partial charge in [0.25, 0.3) is 0 Å². The van der Waals surface area contributed by atoms with E-state index in [9.17, 15) is 13.6 Å². The van der Waals surface area contributed by atoms with E-state index < -0.39 is 5.82 Å². The SMILES string of the molecule is O=C(COc1ccc(F)cc1)c1ccc(F)cc1. The number of hydrogen-bond acceptors (Lipinski definition) is 2. The zero-order valence-corrected chi connectivity index (χ0v) is 9.40. The number of ether oxygens (including phenoxy) is 1. The molecular formula is C14H10F2O2. The number of carbonyl (C=O) groups is 1. The summed E-state index contributed by atoms with van der Waals surface area (Å²) in [5.74, 6) is -0.621. The fourth-order valence-electron chi connectivity index (χ4n) is 1.40. The third kappa shape index (κ3) is 3.13. The Bertz CT molecular complexity index is 533. The maximum absolute atomic E-state index is 12.7. The monoisotopic (exact) mass is 248 g/mol. The second-order valence-corrected chi connectivity index (χ2v) is 3.67. The predicted molar refractivity (Wildman–Crippen MR) is 62.6 cm³/mol. The zero-order chi connectivity index (χ0) is 13.0. The molecule has 0 bridgehead atoms. The zero-order valence-electron chi connectivity index (χ0n) is 9.40. The van der Waals surface area contributed by atoms with Gasteiger partial charge in [-0.2, -0.15) is 0 Å². The highest BCUT2D eigenvalue weighted by molar-refractivity contribution is 5.97. The molecule has 2 aromatic rings. The Balaban J connectivity index is 1.96. The van der Waals surface area contributed by atoms with Gasteiger partial charge in [0.1, 0.15) is 17.4 Å². The number of benzene rings is 2.